The number of thiophene rings is 1. The first-order valence-electron chi connectivity index (χ1n) is 8.78. The predicted molar refractivity (Wildman–Crippen MR) is 101 cm³/mol. The third-order valence-corrected chi connectivity index (χ3v) is 7.44. The van der Waals surface area contributed by atoms with Crippen molar-refractivity contribution in [2.45, 2.75) is 42.5 Å². The number of guanidine groups is 1. The third kappa shape index (κ3) is 4.72. The molecular weight excluding hydrogens is 358 g/mol. The molecule has 1 unspecified atom stereocenters. The fourth-order valence-corrected chi connectivity index (χ4v) is 5.34. The van der Waals surface area contributed by atoms with Gasteiger partial charge in [-0.15, -0.1) is 11.3 Å². The molecular formula is C16H27N5O2S2. The summed E-state index contributed by atoms with van der Waals surface area (Å²) in [5.74, 6) is 0.880. The number of sulfonamides is 1. The average Bonchev–Trinajstić information content (AvgIpc) is 3.25. The van der Waals surface area contributed by atoms with Crippen LogP contribution >= 0.6 is 11.3 Å². The van der Waals surface area contributed by atoms with E-state index in [-0.39, 0.29) is 4.21 Å². The van der Waals surface area contributed by atoms with Crippen LogP contribution in [-0.2, 0) is 16.6 Å². The van der Waals surface area contributed by atoms with E-state index in [1.807, 2.05) is 0 Å². The van der Waals surface area contributed by atoms with Crippen LogP contribution in [0.4, 0.5) is 0 Å². The second kappa shape index (κ2) is 8.03. The lowest BCUT2D eigenvalue weighted by Gasteiger charge is -2.32. The van der Waals surface area contributed by atoms with E-state index < -0.39 is 10.0 Å². The largest absolute Gasteiger partial charge is 0.351 e. The van der Waals surface area contributed by atoms with Gasteiger partial charge in [0.05, 0.1) is 6.54 Å². The van der Waals surface area contributed by atoms with Gasteiger partial charge >= 0.3 is 0 Å². The molecule has 1 aromatic heterocycles. The lowest BCUT2D eigenvalue weighted by molar-refractivity contribution is 0.168. The Hall–Kier alpha value is -1.16. The number of nitrogens with two attached hydrogens (primary N) is 1. The molecule has 9 heteroatoms. The van der Waals surface area contributed by atoms with Crippen LogP contribution in [0.3, 0.4) is 0 Å². The summed E-state index contributed by atoms with van der Waals surface area (Å²) < 4.78 is 22.9. The van der Waals surface area contributed by atoms with E-state index in [0.717, 1.165) is 23.9 Å². The van der Waals surface area contributed by atoms with Gasteiger partial charge in [0.25, 0.3) is 0 Å². The Kier molecular flexibility index (Phi) is 5.98. The minimum atomic E-state index is -3.62. The Morgan fingerprint density at radius 1 is 1.32 bits per heavy atom. The van der Waals surface area contributed by atoms with Crippen molar-refractivity contribution >= 4 is 27.3 Å². The minimum Gasteiger partial charge on any atom is -0.351 e. The fraction of sp³-hybridized carbons (Fsp3) is 0.688. The Bertz CT molecular complexity index is 710. The fourth-order valence-electron chi connectivity index (χ4n) is 3.62. The van der Waals surface area contributed by atoms with Gasteiger partial charge < -0.3 is 10.2 Å². The van der Waals surface area contributed by atoms with Crippen molar-refractivity contribution < 1.29 is 8.42 Å². The van der Waals surface area contributed by atoms with Gasteiger partial charge in [0, 0.05) is 31.1 Å². The first kappa shape index (κ1) is 18.6. The molecule has 3 rings (SSSR count). The van der Waals surface area contributed by atoms with E-state index in [0.29, 0.717) is 12.6 Å². The molecule has 2 aliphatic rings. The summed E-state index contributed by atoms with van der Waals surface area (Å²) in [6.45, 7) is 5.00. The molecule has 0 radical (unpaired) electrons. The highest BCUT2D eigenvalue weighted by Crippen LogP contribution is 2.22. The number of likely N-dealkylation sites (tertiary alicyclic amines) is 2. The number of hydrogen-bond donors (Lipinski definition) is 2. The second-order valence-corrected chi connectivity index (χ2v) is 9.61. The number of aliphatic imine (C=N–C) groups is 1. The van der Waals surface area contributed by atoms with Gasteiger partial charge in [-0.05, 0) is 44.5 Å². The Labute approximate surface area is 154 Å². The summed E-state index contributed by atoms with van der Waals surface area (Å²) in [7, 11) is -1.82. The van der Waals surface area contributed by atoms with Crippen molar-refractivity contribution in [2.24, 2.45) is 10.1 Å². The van der Waals surface area contributed by atoms with E-state index in [4.69, 9.17) is 5.14 Å². The molecule has 0 bridgehead atoms. The highest BCUT2D eigenvalue weighted by Gasteiger charge is 2.29. The summed E-state index contributed by atoms with van der Waals surface area (Å²) >= 11 is 1.20. The maximum Gasteiger partial charge on any atom is 0.247 e. The molecule has 25 heavy (non-hydrogen) atoms. The summed E-state index contributed by atoms with van der Waals surface area (Å²) in [5, 5.41) is 8.51. The number of rotatable bonds is 4. The Morgan fingerprint density at radius 2 is 2.08 bits per heavy atom. The van der Waals surface area contributed by atoms with E-state index in [2.05, 4.69) is 20.1 Å². The zero-order chi connectivity index (χ0) is 17.9. The van der Waals surface area contributed by atoms with Crippen molar-refractivity contribution in [3.05, 3.63) is 17.0 Å². The third-order valence-electron chi connectivity index (χ3n) is 4.92. The Balaban J connectivity index is 1.54. The quantitative estimate of drug-likeness (QED) is 0.597. The highest BCUT2D eigenvalue weighted by atomic mass is 32.2. The number of piperidine rings is 1. The van der Waals surface area contributed by atoms with Crippen LogP contribution in [0.1, 0.15) is 30.6 Å². The SMILES string of the molecule is CN=C(NCc1ccc(S(N)(=O)=O)s1)N1CCC(N2CCCCC2)C1. The number of nitrogens with zero attached hydrogens (tertiary/aromatic N) is 3. The summed E-state index contributed by atoms with van der Waals surface area (Å²) in [6.07, 6.45) is 5.16. The van der Waals surface area contributed by atoms with Gasteiger partial charge in [0.15, 0.2) is 5.96 Å². The molecule has 1 atom stereocenters. The molecule has 3 heterocycles. The van der Waals surface area contributed by atoms with E-state index in [9.17, 15) is 8.42 Å². The number of hydrogen-bond acceptors (Lipinski definition) is 5. The normalized spacial score (nSPS) is 23.2. The molecule has 2 fully saturated rings. The van der Waals surface area contributed by atoms with Crippen LogP contribution in [0, 0.1) is 0 Å². The van der Waals surface area contributed by atoms with Crippen LogP contribution < -0.4 is 10.5 Å². The van der Waals surface area contributed by atoms with E-state index in [1.165, 1.54) is 50.1 Å². The molecule has 140 valence electrons. The van der Waals surface area contributed by atoms with Gasteiger partial charge in [0.1, 0.15) is 4.21 Å². The van der Waals surface area contributed by atoms with Crippen molar-refractivity contribution in [3.63, 3.8) is 0 Å². The monoisotopic (exact) mass is 385 g/mol. The lowest BCUT2D eigenvalue weighted by atomic mass is 10.1. The van der Waals surface area contributed by atoms with E-state index in [1.54, 1.807) is 19.2 Å². The van der Waals surface area contributed by atoms with Crippen molar-refractivity contribution in [3.8, 4) is 0 Å². The molecule has 2 saturated heterocycles. The summed E-state index contributed by atoms with van der Waals surface area (Å²) in [5.41, 5.74) is 0. The van der Waals surface area contributed by atoms with Gasteiger partial charge in [-0.25, -0.2) is 13.6 Å². The average molecular weight is 386 g/mol. The highest BCUT2D eigenvalue weighted by molar-refractivity contribution is 7.91. The zero-order valence-electron chi connectivity index (χ0n) is 14.6. The molecule has 0 amide bonds. The Morgan fingerprint density at radius 3 is 2.72 bits per heavy atom. The van der Waals surface area contributed by atoms with Gasteiger partial charge in [0.2, 0.25) is 10.0 Å². The standard InChI is InChI=1S/C16H27N5O2S2/c1-18-16(19-11-14-5-6-15(24-14)25(17,22)23)21-10-7-13(12-21)20-8-3-2-4-9-20/h5-6,13H,2-4,7-12H2,1H3,(H,18,19)(H2,17,22,23). The van der Waals surface area contributed by atoms with Crippen LogP contribution in [0.2, 0.25) is 0 Å². The number of nitrogens with one attached hydrogen (secondary N) is 1. The lowest BCUT2D eigenvalue weighted by Crippen LogP contribution is -2.44. The van der Waals surface area contributed by atoms with Crippen LogP contribution in [0.15, 0.2) is 21.3 Å². The van der Waals surface area contributed by atoms with Crippen LogP contribution in [0.25, 0.3) is 0 Å². The van der Waals surface area contributed by atoms with Crippen LogP contribution in [-0.4, -0.2) is 63.4 Å². The van der Waals surface area contributed by atoms with Gasteiger partial charge in [-0.1, -0.05) is 6.42 Å². The molecule has 0 saturated carbocycles. The maximum atomic E-state index is 11.4. The molecule has 1 aromatic rings. The van der Waals surface area contributed by atoms with Gasteiger partial charge in [-0.3, -0.25) is 9.89 Å². The first-order chi connectivity index (χ1) is 12.0. The molecule has 0 aromatic carbocycles. The second-order valence-electron chi connectivity index (χ2n) is 6.65. The molecule has 0 aliphatic carbocycles. The van der Waals surface area contributed by atoms with Crippen LogP contribution in [0.5, 0.6) is 0 Å². The maximum absolute atomic E-state index is 11.4. The smallest absolute Gasteiger partial charge is 0.247 e. The summed E-state index contributed by atoms with van der Waals surface area (Å²) in [6, 6.07) is 3.97. The van der Waals surface area contributed by atoms with E-state index >= 15 is 0 Å². The summed E-state index contributed by atoms with van der Waals surface area (Å²) in [4.78, 5) is 10.2. The predicted octanol–water partition coefficient (Wildman–Crippen LogP) is 1.03. The topological polar surface area (TPSA) is 91.0 Å². The first-order valence-corrected chi connectivity index (χ1v) is 11.1. The van der Waals surface area contributed by atoms with Gasteiger partial charge in [-0.2, -0.15) is 0 Å². The number of primary sulfonamides is 1. The zero-order valence-corrected chi connectivity index (χ0v) is 16.3. The minimum absolute atomic E-state index is 0.200. The molecule has 7 nitrogen and oxygen atoms in total. The molecule has 0 spiro atoms. The van der Waals surface area contributed by atoms with Crippen molar-refractivity contribution in [1.82, 2.24) is 15.1 Å². The van der Waals surface area contributed by atoms with Crippen molar-refractivity contribution in [1.29, 1.82) is 0 Å². The molecule has 3 N–H and O–H groups in total. The molecule has 2 aliphatic heterocycles. The van der Waals surface area contributed by atoms with Crippen molar-refractivity contribution in [2.75, 3.05) is 33.2 Å².